The van der Waals surface area contributed by atoms with Crippen LogP contribution in [0.5, 0.6) is 0 Å². The molecule has 0 unspecified atom stereocenters. The Morgan fingerprint density at radius 1 is 1.00 bits per heavy atom. The maximum Gasteiger partial charge on any atom is 0.349 e. The molecule has 0 aliphatic heterocycles. The topological polar surface area (TPSA) is 66.1 Å². The fourth-order valence-electron chi connectivity index (χ4n) is 2.61. The van der Waals surface area contributed by atoms with Gasteiger partial charge in [0, 0.05) is 6.07 Å². The molecule has 146 valence electrons. The van der Waals surface area contributed by atoms with Crippen molar-refractivity contribution >= 4 is 15.9 Å². The molecule has 1 heterocycles. The maximum absolute atomic E-state index is 13.3. The zero-order chi connectivity index (χ0) is 20.1. The summed E-state index contributed by atoms with van der Waals surface area (Å²) in [5, 5.41) is 3.90. The monoisotopic (exact) mass is 451 g/mol. The van der Waals surface area contributed by atoms with Crippen molar-refractivity contribution in [2.75, 3.05) is 0 Å². The van der Waals surface area contributed by atoms with Crippen LogP contribution in [0.1, 0.15) is 11.1 Å². The largest absolute Gasteiger partial charge is 0.356 e. The SMILES string of the molecule is O=c1c(Br)nn(CCc2cc(F)cc(F)c2)c(=O)n1COCc1ccccc1. The van der Waals surface area contributed by atoms with E-state index in [1.54, 1.807) is 0 Å². The van der Waals surface area contributed by atoms with Crippen molar-refractivity contribution < 1.29 is 13.5 Å². The summed E-state index contributed by atoms with van der Waals surface area (Å²) in [5.41, 5.74) is -0.0122. The van der Waals surface area contributed by atoms with E-state index in [2.05, 4.69) is 21.0 Å². The lowest BCUT2D eigenvalue weighted by Crippen LogP contribution is -2.42. The second-order valence-corrected chi connectivity index (χ2v) is 6.77. The molecule has 3 aromatic rings. The Balaban J connectivity index is 1.75. The summed E-state index contributed by atoms with van der Waals surface area (Å²) in [7, 11) is 0. The molecule has 0 radical (unpaired) electrons. The number of ether oxygens (including phenoxy) is 1. The molecular formula is C19H16BrF2N3O3. The number of rotatable bonds is 7. The first-order chi connectivity index (χ1) is 13.4. The van der Waals surface area contributed by atoms with Crippen LogP contribution in [0.3, 0.4) is 0 Å². The van der Waals surface area contributed by atoms with Crippen LogP contribution in [-0.2, 0) is 31.0 Å². The summed E-state index contributed by atoms with van der Waals surface area (Å²) in [6, 6.07) is 12.5. The predicted molar refractivity (Wildman–Crippen MR) is 102 cm³/mol. The molecule has 0 saturated carbocycles. The van der Waals surface area contributed by atoms with Gasteiger partial charge in [-0.25, -0.2) is 22.8 Å². The molecular weight excluding hydrogens is 436 g/mol. The van der Waals surface area contributed by atoms with Crippen LogP contribution in [0.4, 0.5) is 8.78 Å². The van der Waals surface area contributed by atoms with Crippen LogP contribution in [0.15, 0.2) is 62.7 Å². The summed E-state index contributed by atoms with van der Waals surface area (Å²) < 4.78 is 34.0. The van der Waals surface area contributed by atoms with E-state index in [-0.39, 0.29) is 30.9 Å². The first-order valence-electron chi connectivity index (χ1n) is 8.38. The van der Waals surface area contributed by atoms with Crippen molar-refractivity contribution in [3.8, 4) is 0 Å². The highest BCUT2D eigenvalue weighted by Gasteiger charge is 2.12. The molecule has 0 fully saturated rings. The number of aryl methyl sites for hydroxylation is 2. The summed E-state index contributed by atoms with van der Waals surface area (Å²) in [6.45, 7) is 0.0246. The van der Waals surface area contributed by atoms with Crippen molar-refractivity contribution in [2.24, 2.45) is 0 Å². The molecule has 0 atom stereocenters. The van der Waals surface area contributed by atoms with Crippen LogP contribution in [0.25, 0.3) is 0 Å². The standard InChI is InChI=1S/C19H16BrF2N3O3/c20-17-18(26)24(12-28-11-13-4-2-1-3-5-13)19(27)25(23-17)7-6-14-8-15(21)10-16(22)9-14/h1-5,8-10H,6-7,11-12H2. The molecule has 1 aromatic heterocycles. The van der Waals surface area contributed by atoms with Gasteiger partial charge in [-0.3, -0.25) is 4.79 Å². The zero-order valence-corrected chi connectivity index (χ0v) is 16.2. The molecule has 0 aliphatic rings. The molecule has 0 N–H and O–H groups in total. The fourth-order valence-corrected chi connectivity index (χ4v) is 3.01. The second kappa shape index (κ2) is 9.03. The number of halogens is 3. The molecule has 3 rings (SSSR count). The minimum atomic E-state index is -0.698. The van der Waals surface area contributed by atoms with Gasteiger partial charge in [0.2, 0.25) is 0 Å². The van der Waals surface area contributed by atoms with E-state index in [1.807, 2.05) is 30.3 Å². The average molecular weight is 452 g/mol. The van der Waals surface area contributed by atoms with Crippen molar-refractivity contribution in [3.05, 3.63) is 96.7 Å². The first-order valence-corrected chi connectivity index (χ1v) is 9.17. The van der Waals surface area contributed by atoms with Gasteiger partial charge in [-0.05, 0) is 45.6 Å². The average Bonchev–Trinajstić information content (AvgIpc) is 2.66. The molecule has 28 heavy (non-hydrogen) atoms. The molecule has 0 spiro atoms. The highest BCUT2D eigenvalue weighted by molar-refractivity contribution is 9.10. The Bertz CT molecular complexity index is 1060. The molecule has 2 aromatic carbocycles. The summed E-state index contributed by atoms with van der Waals surface area (Å²) in [6.07, 6.45) is 0.164. The van der Waals surface area contributed by atoms with E-state index in [0.29, 0.717) is 5.56 Å². The van der Waals surface area contributed by atoms with Crippen molar-refractivity contribution in [1.29, 1.82) is 0 Å². The number of benzene rings is 2. The molecule has 0 amide bonds. The molecule has 0 aliphatic carbocycles. The minimum Gasteiger partial charge on any atom is -0.356 e. The summed E-state index contributed by atoms with van der Waals surface area (Å²) >= 11 is 3.04. The predicted octanol–water partition coefficient (Wildman–Crippen LogP) is 2.86. The Morgan fingerprint density at radius 2 is 1.68 bits per heavy atom. The van der Waals surface area contributed by atoms with Crippen LogP contribution >= 0.6 is 15.9 Å². The quantitative estimate of drug-likeness (QED) is 0.553. The van der Waals surface area contributed by atoms with Gasteiger partial charge in [0.15, 0.2) is 4.60 Å². The van der Waals surface area contributed by atoms with E-state index in [1.165, 1.54) is 12.1 Å². The number of hydrogen-bond donors (Lipinski definition) is 0. The molecule has 0 bridgehead atoms. The molecule has 0 saturated heterocycles. The van der Waals surface area contributed by atoms with Gasteiger partial charge >= 0.3 is 5.69 Å². The maximum atomic E-state index is 13.3. The highest BCUT2D eigenvalue weighted by Crippen LogP contribution is 2.09. The van der Waals surface area contributed by atoms with E-state index in [0.717, 1.165) is 20.9 Å². The third-order valence-electron chi connectivity index (χ3n) is 3.95. The van der Waals surface area contributed by atoms with E-state index in [9.17, 15) is 18.4 Å². The first kappa shape index (κ1) is 20.1. The van der Waals surface area contributed by atoms with Crippen molar-refractivity contribution in [3.63, 3.8) is 0 Å². The van der Waals surface area contributed by atoms with Crippen LogP contribution in [0.2, 0.25) is 0 Å². The minimum absolute atomic E-state index is 0.0410. The lowest BCUT2D eigenvalue weighted by Gasteiger charge is -2.11. The normalized spacial score (nSPS) is 11.0. The number of aromatic nitrogens is 3. The Kier molecular flexibility index (Phi) is 6.48. The fraction of sp³-hybridized carbons (Fsp3) is 0.211. The van der Waals surface area contributed by atoms with Gasteiger partial charge in [-0.2, -0.15) is 5.10 Å². The lowest BCUT2D eigenvalue weighted by atomic mass is 10.1. The molecule has 9 heteroatoms. The van der Waals surface area contributed by atoms with E-state index >= 15 is 0 Å². The van der Waals surface area contributed by atoms with Gasteiger partial charge in [-0.1, -0.05) is 30.3 Å². The van der Waals surface area contributed by atoms with Crippen LogP contribution in [-0.4, -0.2) is 14.3 Å². The van der Waals surface area contributed by atoms with Gasteiger partial charge < -0.3 is 4.74 Å². The number of nitrogens with zero attached hydrogens (tertiary/aromatic N) is 3. The van der Waals surface area contributed by atoms with Gasteiger partial charge in [-0.15, -0.1) is 0 Å². The summed E-state index contributed by atoms with van der Waals surface area (Å²) in [4.78, 5) is 24.8. The van der Waals surface area contributed by atoms with Gasteiger partial charge in [0.05, 0.1) is 13.2 Å². The Labute approximate surface area is 167 Å². The van der Waals surface area contributed by atoms with Crippen molar-refractivity contribution in [2.45, 2.75) is 26.3 Å². The Hall–Kier alpha value is -2.65. The second-order valence-electron chi connectivity index (χ2n) is 6.02. The molecule has 6 nitrogen and oxygen atoms in total. The Morgan fingerprint density at radius 3 is 2.36 bits per heavy atom. The smallest absolute Gasteiger partial charge is 0.349 e. The van der Waals surface area contributed by atoms with Gasteiger partial charge in [0.25, 0.3) is 5.56 Å². The summed E-state index contributed by atoms with van der Waals surface area (Å²) in [5.74, 6) is -1.40. The third-order valence-corrected chi connectivity index (χ3v) is 4.45. The zero-order valence-electron chi connectivity index (χ0n) is 14.6. The third kappa shape index (κ3) is 4.99. The lowest BCUT2D eigenvalue weighted by molar-refractivity contribution is 0.0568. The highest BCUT2D eigenvalue weighted by atomic mass is 79.9. The van der Waals surface area contributed by atoms with Crippen LogP contribution in [0, 0.1) is 11.6 Å². The van der Waals surface area contributed by atoms with E-state index < -0.39 is 22.9 Å². The number of hydrogen-bond acceptors (Lipinski definition) is 4. The van der Waals surface area contributed by atoms with E-state index in [4.69, 9.17) is 4.74 Å². The van der Waals surface area contributed by atoms with Crippen molar-refractivity contribution in [1.82, 2.24) is 14.3 Å². The van der Waals surface area contributed by atoms with Crippen LogP contribution < -0.4 is 11.2 Å². The van der Waals surface area contributed by atoms with Gasteiger partial charge in [0.1, 0.15) is 18.4 Å².